The topological polar surface area (TPSA) is 90.6 Å². The largest absolute Gasteiger partial charge is 0.458 e. The van der Waals surface area contributed by atoms with Crippen molar-refractivity contribution in [3.8, 4) is 0 Å². The van der Waals surface area contributed by atoms with Gasteiger partial charge >= 0.3 is 12.1 Å². The monoisotopic (exact) mass is 304 g/mol. The van der Waals surface area contributed by atoms with E-state index in [4.69, 9.17) is 17.9 Å². The fourth-order valence-corrected chi connectivity index (χ4v) is 1.42. The number of amides is 1. The van der Waals surface area contributed by atoms with Gasteiger partial charge in [0.1, 0.15) is 17.2 Å². The molecule has 0 saturated carbocycles. The molecular weight excluding hydrogens is 272 g/mol. The molecule has 0 aromatic carbocycles. The summed E-state index contributed by atoms with van der Waals surface area (Å²) in [6.45, 7) is 10.1. The number of ether oxygens (including phenoxy) is 2. The third-order valence-electron chi connectivity index (χ3n) is 2.14. The molecule has 21 heavy (non-hydrogen) atoms. The van der Waals surface area contributed by atoms with E-state index in [0.717, 1.165) is 0 Å². The van der Waals surface area contributed by atoms with Crippen LogP contribution in [0.2, 0.25) is 0 Å². The lowest BCUT2D eigenvalue weighted by Gasteiger charge is -2.26. The van der Waals surface area contributed by atoms with Gasteiger partial charge in [-0.3, -0.25) is 0 Å². The molecule has 1 amide bonds. The third-order valence-corrected chi connectivity index (χ3v) is 2.14. The van der Waals surface area contributed by atoms with Gasteiger partial charge in [-0.2, -0.15) is 0 Å². The molecule has 0 aliphatic carbocycles. The maximum absolute atomic E-state index is 12.2. The van der Waals surface area contributed by atoms with Crippen molar-refractivity contribution in [3.05, 3.63) is 0 Å². The molecule has 0 aliphatic heterocycles. The van der Waals surface area contributed by atoms with E-state index in [0.29, 0.717) is 0 Å². The van der Waals surface area contributed by atoms with Crippen molar-refractivity contribution < 1.29 is 21.8 Å². The van der Waals surface area contributed by atoms with Crippen molar-refractivity contribution in [1.29, 1.82) is 0 Å². The van der Waals surface area contributed by atoms with Gasteiger partial charge in [0.05, 0.1) is 0 Å². The number of nitrogens with one attached hydrogen (secondary N) is 1. The van der Waals surface area contributed by atoms with Crippen LogP contribution in [-0.2, 0) is 14.3 Å². The molecule has 0 fully saturated rings. The molecule has 0 spiro atoms. The second-order valence-electron chi connectivity index (χ2n) is 6.73. The first-order chi connectivity index (χ1) is 10.2. The van der Waals surface area contributed by atoms with E-state index >= 15 is 0 Å². The van der Waals surface area contributed by atoms with Crippen LogP contribution in [0.25, 0.3) is 0 Å². The second kappa shape index (κ2) is 8.22. The molecule has 0 aliphatic rings. The van der Waals surface area contributed by atoms with Gasteiger partial charge in [0, 0.05) is 2.74 Å². The minimum atomic E-state index is -1.62. The van der Waals surface area contributed by atoms with Crippen molar-refractivity contribution in [3.63, 3.8) is 0 Å². The molecule has 0 bridgehead atoms. The summed E-state index contributed by atoms with van der Waals surface area (Å²) in [5.74, 6) is -0.629. The molecule has 0 rings (SSSR count). The molecule has 0 radical (unpaired) electrons. The molecule has 3 N–H and O–H groups in total. The van der Waals surface area contributed by atoms with E-state index < -0.39 is 35.7 Å². The first kappa shape index (κ1) is 16.1. The summed E-state index contributed by atoms with van der Waals surface area (Å²) in [5.41, 5.74) is 3.94. The lowest BCUT2D eigenvalue weighted by molar-refractivity contribution is -0.157. The second-order valence-corrected chi connectivity index (χ2v) is 6.73. The van der Waals surface area contributed by atoms with E-state index in [1.807, 2.05) is 0 Å². The number of hydrogen-bond donors (Lipinski definition) is 2. The van der Waals surface area contributed by atoms with Crippen molar-refractivity contribution in [2.45, 2.75) is 78.0 Å². The average Bonchev–Trinajstić information content (AvgIpc) is 2.30. The molecule has 1 unspecified atom stereocenters. The van der Waals surface area contributed by atoms with Crippen LogP contribution in [0.15, 0.2) is 0 Å². The molecule has 6 nitrogen and oxygen atoms in total. The number of esters is 1. The lowest BCUT2D eigenvalue weighted by Crippen LogP contribution is -2.46. The Morgan fingerprint density at radius 2 is 1.67 bits per heavy atom. The van der Waals surface area contributed by atoms with Gasteiger partial charge in [-0.05, 0) is 67.3 Å². The van der Waals surface area contributed by atoms with Crippen LogP contribution >= 0.6 is 0 Å². The van der Waals surface area contributed by atoms with Gasteiger partial charge in [-0.15, -0.1) is 0 Å². The fraction of sp³-hybridized carbons (Fsp3) is 0.867. The minimum absolute atomic E-state index is 0.0171. The Labute approximate surface area is 130 Å². The summed E-state index contributed by atoms with van der Waals surface area (Å²) in [4.78, 5) is 24.1. The predicted molar refractivity (Wildman–Crippen MR) is 81.9 cm³/mol. The molecule has 0 aromatic rings. The van der Waals surface area contributed by atoms with Crippen molar-refractivity contribution >= 4 is 12.1 Å². The molecule has 6 heteroatoms. The van der Waals surface area contributed by atoms with Crippen LogP contribution in [-0.4, -0.2) is 35.9 Å². The number of alkyl carbamates (subject to hydrolysis) is 1. The van der Waals surface area contributed by atoms with E-state index in [1.165, 1.54) is 0 Å². The first-order valence-corrected chi connectivity index (χ1v) is 7.08. The Bertz CT molecular complexity index is 415. The molecule has 0 heterocycles. The van der Waals surface area contributed by atoms with Gasteiger partial charge in [-0.25, -0.2) is 9.59 Å². The van der Waals surface area contributed by atoms with E-state index in [2.05, 4.69) is 5.32 Å². The fourth-order valence-electron chi connectivity index (χ4n) is 1.42. The zero-order valence-corrected chi connectivity index (χ0v) is 13.9. The first-order valence-electron chi connectivity index (χ1n) is 8.08. The summed E-state index contributed by atoms with van der Waals surface area (Å²) in [6.07, 6.45) is -2.28. The summed E-state index contributed by atoms with van der Waals surface area (Å²) in [5, 5.41) is 2.45. The van der Waals surface area contributed by atoms with Gasteiger partial charge in [0.2, 0.25) is 0 Å². The maximum atomic E-state index is 12.2. The van der Waals surface area contributed by atoms with Crippen molar-refractivity contribution in [2.75, 3.05) is 6.54 Å². The summed E-state index contributed by atoms with van der Waals surface area (Å²) in [7, 11) is 0. The average molecular weight is 304 g/mol. The number of hydrogen-bond acceptors (Lipinski definition) is 5. The normalized spacial score (nSPS) is 15.6. The lowest BCUT2D eigenvalue weighted by atomic mass is 10.1. The molecule has 1 atom stereocenters. The van der Waals surface area contributed by atoms with Crippen LogP contribution in [0.3, 0.4) is 0 Å². The number of carbonyl (C=O) groups is 2. The Balaban J connectivity index is 4.93. The summed E-state index contributed by atoms with van der Waals surface area (Å²) in [6, 6.07) is -0.995. The van der Waals surface area contributed by atoms with Crippen LogP contribution in [0.4, 0.5) is 4.79 Å². The third kappa shape index (κ3) is 11.1. The van der Waals surface area contributed by atoms with Crippen LogP contribution in [0, 0.1) is 0 Å². The molecule has 0 saturated heterocycles. The van der Waals surface area contributed by atoms with Gasteiger partial charge < -0.3 is 20.5 Å². The van der Waals surface area contributed by atoms with Crippen molar-refractivity contribution in [2.24, 2.45) is 5.73 Å². The zero-order chi connectivity index (χ0) is 18.5. The van der Waals surface area contributed by atoms with Crippen LogP contribution in [0.5, 0.6) is 0 Å². The quantitative estimate of drug-likeness (QED) is 0.735. The summed E-state index contributed by atoms with van der Waals surface area (Å²) < 4.78 is 25.7. The number of nitrogens with two attached hydrogens (primary N) is 1. The minimum Gasteiger partial charge on any atom is -0.458 e. The Morgan fingerprint density at radius 1 is 1.14 bits per heavy atom. The number of rotatable bonds is 6. The highest BCUT2D eigenvalue weighted by atomic mass is 16.6. The molecular formula is C15H30N2O4. The van der Waals surface area contributed by atoms with Crippen LogP contribution in [0.1, 0.15) is 63.5 Å². The van der Waals surface area contributed by atoms with E-state index in [-0.39, 0.29) is 19.4 Å². The van der Waals surface area contributed by atoms with Crippen molar-refractivity contribution in [1.82, 2.24) is 5.32 Å². The smallest absolute Gasteiger partial charge is 0.408 e. The standard InChI is InChI=1S/C15H30N2O4/c1-14(2,3)20-12(18)11(9-7-8-10-16)17-13(19)21-15(4,5)6/h11H,7-10,16H2,1-6H3,(H,17,19)/i8D2. The Morgan fingerprint density at radius 3 is 2.10 bits per heavy atom. The molecule has 124 valence electrons. The van der Waals surface area contributed by atoms with Crippen LogP contribution < -0.4 is 11.1 Å². The zero-order valence-electron chi connectivity index (χ0n) is 15.9. The summed E-state index contributed by atoms with van der Waals surface area (Å²) >= 11 is 0. The highest BCUT2D eigenvalue weighted by Crippen LogP contribution is 2.13. The van der Waals surface area contributed by atoms with Gasteiger partial charge in [-0.1, -0.05) is 0 Å². The molecule has 0 aromatic heterocycles. The van der Waals surface area contributed by atoms with Gasteiger partial charge in [0.25, 0.3) is 0 Å². The Kier molecular flexibility index (Phi) is 6.29. The Hall–Kier alpha value is -1.30. The highest BCUT2D eigenvalue weighted by molar-refractivity contribution is 5.81. The predicted octanol–water partition coefficient (Wildman–Crippen LogP) is 2.35. The highest BCUT2D eigenvalue weighted by Gasteiger charge is 2.28. The van der Waals surface area contributed by atoms with E-state index in [1.54, 1.807) is 41.5 Å². The van der Waals surface area contributed by atoms with E-state index in [9.17, 15) is 9.59 Å². The SMILES string of the molecule is [2H]C([2H])(CN)CCC(NC(=O)OC(C)(C)C)C(=O)OC(C)(C)C. The maximum Gasteiger partial charge on any atom is 0.408 e. The number of carbonyl (C=O) groups excluding carboxylic acids is 2. The van der Waals surface area contributed by atoms with Gasteiger partial charge in [0.15, 0.2) is 0 Å².